The summed E-state index contributed by atoms with van der Waals surface area (Å²) in [6.07, 6.45) is 2.70. The molecule has 7 heteroatoms. The topological polar surface area (TPSA) is 73.7 Å². The van der Waals surface area contributed by atoms with Gasteiger partial charge in [-0.2, -0.15) is 5.10 Å². The molecule has 0 radical (unpaired) electrons. The van der Waals surface area contributed by atoms with Gasteiger partial charge in [-0.15, -0.1) is 0 Å². The second kappa shape index (κ2) is 10.3. The SMILES string of the molecule is CCCc1ccc(OCC(=O)N2CCc3c(c(C(=O)OCC)nn3-c3ccccc3)C2)cc1. The van der Waals surface area contributed by atoms with Gasteiger partial charge in [0.05, 0.1) is 24.5 Å². The summed E-state index contributed by atoms with van der Waals surface area (Å²) in [7, 11) is 0. The molecule has 0 saturated heterocycles. The molecule has 172 valence electrons. The zero-order valence-corrected chi connectivity index (χ0v) is 19.1. The quantitative estimate of drug-likeness (QED) is 0.489. The fourth-order valence-electron chi connectivity index (χ4n) is 4.06. The van der Waals surface area contributed by atoms with E-state index < -0.39 is 5.97 Å². The van der Waals surface area contributed by atoms with E-state index in [-0.39, 0.29) is 24.8 Å². The lowest BCUT2D eigenvalue weighted by Gasteiger charge is -2.27. The Hall–Kier alpha value is -3.61. The number of aromatic nitrogens is 2. The van der Waals surface area contributed by atoms with E-state index in [2.05, 4.69) is 12.0 Å². The number of carbonyl (C=O) groups excluding carboxylic acids is 2. The van der Waals surface area contributed by atoms with Crippen LogP contribution in [0, 0.1) is 0 Å². The summed E-state index contributed by atoms with van der Waals surface area (Å²) in [5, 5.41) is 4.56. The smallest absolute Gasteiger partial charge is 0.359 e. The molecule has 1 aliphatic heterocycles. The van der Waals surface area contributed by atoms with Gasteiger partial charge in [-0.05, 0) is 43.2 Å². The Balaban J connectivity index is 1.50. The predicted octanol–water partition coefficient (Wildman–Crippen LogP) is 3.97. The highest BCUT2D eigenvalue weighted by Crippen LogP contribution is 2.26. The van der Waals surface area contributed by atoms with Crippen LogP contribution in [0.5, 0.6) is 5.75 Å². The van der Waals surface area contributed by atoms with Crippen LogP contribution in [0.1, 0.15) is 47.6 Å². The number of aryl methyl sites for hydroxylation is 1. The highest BCUT2D eigenvalue weighted by molar-refractivity contribution is 5.90. The van der Waals surface area contributed by atoms with Gasteiger partial charge in [0, 0.05) is 18.5 Å². The minimum atomic E-state index is -0.471. The van der Waals surface area contributed by atoms with Gasteiger partial charge in [0.1, 0.15) is 5.75 Å². The minimum absolute atomic E-state index is 0.0516. The van der Waals surface area contributed by atoms with Gasteiger partial charge >= 0.3 is 5.97 Å². The third kappa shape index (κ3) is 5.08. The normalized spacial score (nSPS) is 12.8. The standard InChI is InChI=1S/C26H29N3O4/c1-3-8-19-11-13-21(14-12-19)33-18-24(30)28-16-15-23-22(17-28)25(26(31)32-4-2)27-29(23)20-9-6-5-7-10-20/h5-7,9-14H,3-4,8,15-18H2,1-2H3. The fourth-order valence-corrected chi connectivity index (χ4v) is 4.06. The van der Waals surface area contributed by atoms with Crippen LogP contribution in [0.25, 0.3) is 5.69 Å². The third-order valence-corrected chi connectivity index (χ3v) is 5.70. The van der Waals surface area contributed by atoms with E-state index in [9.17, 15) is 9.59 Å². The number of carbonyl (C=O) groups is 2. The number of benzene rings is 2. The van der Waals surface area contributed by atoms with Crippen molar-refractivity contribution >= 4 is 11.9 Å². The van der Waals surface area contributed by atoms with Crippen molar-refractivity contribution in [2.24, 2.45) is 0 Å². The molecule has 0 fully saturated rings. The van der Waals surface area contributed by atoms with Crippen molar-refractivity contribution in [2.45, 2.75) is 39.7 Å². The van der Waals surface area contributed by atoms with Gasteiger partial charge in [0.15, 0.2) is 12.3 Å². The van der Waals surface area contributed by atoms with E-state index in [1.165, 1.54) is 5.56 Å². The summed E-state index contributed by atoms with van der Waals surface area (Å²) < 4.78 is 12.7. The highest BCUT2D eigenvalue weighted by Gasteiger charge is 2.31. The van der Waals surface area contributed by atoms with Crippen molar-refractivity contribution in [3.05, 3.63) is 77.1 Å². The van der Waals surface area contributed by atoms with Gasteiger partial charge in [-0.3, -0.25) is 4.79 Å². The minimum Gasteiger partial charge on any atom is -0.484 e. The monoisotopic (exact) mass is 447 g/mol. The number of hydrogen-bond donors (Lipinski definition) is 0. The molecule has 0 bridgehead atoms. The first kappa shape index (κ1) is 22.6. The Morgan fingerprint density at radius 3 is 2.48 bits per heavy atom. The number of amides is 1. The summed E-state index contributed by atoms with van der Waals surface area (Å²) in [5.74, 6) is 0.0757. The van der Waals surface area contributed by atoms with E-state index in [1.807, 2.05) is 54.6 Å². The zero-order valence-electron chi connectivity index (χ0n) is 19.1. The van der Waals surface area contributed by atoms with Crippen molar-refractivity contribution in [2.75, 3.05) is 19.8 Å². The molecule has 0 atom stereocenters. The van der Waals surface area contributed by atoms with Gasteiger partial charge in [0.25, 0.3) is 5.91 Å². The molecule has 0 saturated carbocycles. The molecule has 0 aliphatic carbocycles. The number of fused-ring (bicyclic) bond motifs is 1. The molecule has 2 aromatic carbocycles. The Morgan fingerprint density at radius 2 is 1.79 bits per heavy atom. The Morgan fingerprint density at radius 1 is 1.03 bits per heavy atom. The van der Waals surface area contributed by atoms with Crippen molar-refractivity contribution < 1.29 is 19.1 Å². The first-order chi connectivity index (χ1) is 16.1. The number of hydrogen-bond acceptors (Lipinski definition) is 5. The van der Waals surface area contributed by atoms with Crippen molar-refractivity contribution in [1.29, 1.82) is 0 Å². The molecule has 1 aliphatic rings. The van der Waals surface area contributed by atoms with Crippen molar-refractivity contribution in [3.63, 3.8) is 0 Å². The van der Waals surface area contributed by atoms with Crippen LogP contribution < -0.4 is 4.74 Å². The summed E-state index contributed by atoms with van der Waals surface area (Å²) in [6.45, 7) is 4.95. The van der Waals surface area contributed by atoms with Crippen LogP contribution in [0.4, 0.5) is 0 Å². The van der Waals surface area contributed by atoms with Crippen LogP contribution in [0.2, 0.25) is 0 Å². The average molecular weight is 448 g/mol. The summed E-state index contributed by atoms with van der Waals surface area (Å²) >= 11 is 0. The molecule has 0 N–H and O–H groups in total. The molecule has 0 unspecified atom stereocenters. The molecule has 2 heterocycles. The molecule has 3 aromatic rings. The van der Waals surface area contributed by atoms with Crippen molar-refractivity contribution in [3.8, 4) is 11.4 Å². The first-order valence-electron chi connectivity index (χ1n) is 11.4. The van der Waals surface area contributed by atoms with Gasteiger partial charge in [-0.25, -0.2) is 9.48 Å². The number of esters is 1. The van der Waals surface area contributed by atoms with Crippen LogP contribution in [0.15, 0.2) is 54.6 Å². The lowest BCUT2D eigenvalue weighted by Crippen LogP contribution is -2.39. The molecular weight excluding hydrogens is 418 g/mol. The van der Waals surface area contributed by atoms with Crippen LogP contribution in [-0.2, 0) is 28.9 Å². The third-order valence-electron chi connectivity index (χ3n) is 5.70. The molecule has 33 heavy (non-hydrogen) atoms. The molecule has 1 aromatic heterocycles. The summed E-state index contributed by atoms with van der Waals surface area (Å²) in [4.78, 5) is 27.2. The average Bonchev–Trinajstić information content (AvgIpc) is 3.23. The fraction of sp³-hybridized carbons (Fsp3) is 0.346. The largest absolute Gasteiger partial charge is 0.484 e. The molecular formula is C26H29N3O4. The second-order valence-electron chi connectivity index (χ2n) is 7.99. The van der Waals surface area contributed by atoms with Crippen LogP contribution >= 0.6 is 0 Å². The van der Waals surface area contributed by atoms with E-state index in [4.69, 9.17) is 9.47 Å². The summed E-state index contributed by atoms with van der Waals surface area (Å²) in [5.41, 5.74) is 4.06. The van der Waals surface area contributed by atoms with Crippen LogP contribution in [-0.4, -0.2) is 46.3 Å². The molecule has 0 spiro atoms. The Labute approximate surface area is 193 Å². The number of para-hydroxylation sites is 1. The lowest BCUT2D eigenvalue weighted by atomic mass is 10.0. The Bertz CT molecular complexity index is 1110. The molecule has 7 nitrogen and oxygen atoms in total. The van der Waals surface area contributed by atoms with E-state index in [1.54, 1.807) is 16.5 Å². The predicted molar refractivity (Wildman–Crippen MR) is 125 cm³/mol. The maximum absolute atomic E-state index is 12.9. The first-order valence-corrected chi connectivity index (χ1v) is 11.4. The van der Waals surface area contributed by atoms with Gasteiger partial charge < -0.3 is 14.4 Å². The maximum atomic E-state index is 12.9. The number of nitrogens with zero attached hydrogens (tertiary/aromatic N) is 3. The van der Waals surface area contributed by atoms with Crippen molar-refractivity contribution in [1.82, 2.24) is 14.7 Å². The van der Waals surface area contributed by atoms with E-state index in [0.717, 1.165) is 29.8 Å². The second-order valence-corrected chi connectivity index (χ2v) is 7.99. The highest BCUT2D eigenvalue weighted by atomic mass is 16.5. The molecule has 4 rings (SSSR count). The zero-order chi connectivity index (χ0) is 23.2. The summed E-state index contributed by atoms with van der Waals surface area (Å²) in [6, 6.07) is 17.5. The van der Waals surface area contributed by atoms with E-state index in [0.29, 0.717) is 25.3 Å². The number of ether oxygens (including phenoxy) is 2. The lowest BCUT2D eigenvalue weighted by molar-refractivity contribution is -0.134. The maximum Gasteiger partial charge on any atom is 0.359 e. The van der Waals surface area contributed by atoms with Gasteiger partial charge in [0.2, 0.25) is 0 Å². The molecule has 1 amide bonds. The Kier molecular flexibility index (Phi) is 7.07. The van der Waals surface area contributed by atoms with E-state index >= 15 is 0 Å². The van der Waals surface area contributed by atoms with Crippen LogP contribution in [0.3, 0.4) is 0 Å². The van der Waals surface area contributed by atoms with Gasteiger partial charge in [-0.1, -0.05) is 43.7 Å². The number of rotatable bonds is 8.